The molecule has 4 nitrogen and oxygen atoms in total. The van der Waals surface area contributed by atoms with E-state index in [9.17, 15) is 0 Å². The number of nitrogens with zero attached hydrogens (tertiary/aromatic N) is 3. The van der Waals surface area contributed by atoms with Crippen LogP contribution in [0.1, 0.15) is 18.7 Å². The van der Waals surface area contributed by atoms with Crippen molar-refractivity contribution in [2.45, 2.75) is 12.8 Å². The van der Waals surface area contributed by atoms with Crippen LogP contribution >= 0.6 is 0 Å². The molecule has 0 bridgehead atoms. The second kappa shape index (κ2) is 10.4. The number of allylic oxidation sites excluding steroid dienone is 4. The molecule has 0 N–H and O–H groups in total. The Bertz CT molecular complexity index is 2350. The summed E-state index contributed by atoms with van der Waals surface area (Å²) in [7, 11) is 0. The molecule has 1 aliphatic heterocycles. The second-order valence-corrected chi connectivity index (χ2v) is 11.5. The lowest BCUT2D eigenvalue weighted by Gasteiger charge is -2.22. The van der Waals surface area contributed by atoms with Crippen molar-refractivity contribution in [2.24, 2.45) is 0 Å². The molecule has 0 radical (unpaired) electrons. The number of benzene rings is 6. The Hall–Kier alpha value is -5.87. The van der Waals surface area contributed by atoms with Gasteiger partial charge in [0.05, 0.1) is 0 Å². The van der Waals surface area contributed by atoms with Crippen LogP contribution in [0.5, 0.6) is 11.5 Å². The molecule has 0 saturated heterocycles. The van der Waals surface area contributed by atoms with Crippen LogP contribution < -0.4 is 4.74 Å². The van der Waals surface area contributed by atoms with Crippen molar-refractivity contribution < 1.29 is 4.74 Å². The van der Waals surface area contributed by atoms with E-state index in [2.05, 4.69) is 97.1 Å². The summed E-state index contributed by atoms with van der Waals surface area (Å²) < 4.78 is 6.34. The van der Waals surface area contributed by atoms with E-state index < -0.39 is 0 Å². The molecule has 1 aliphatic carbocycles. The van der Waals surface area contributed by atoms with Crippen molar-refractivity contribution in [1.29, 1.82) is 0 Å². The van der Waals surface area contributed by atoms with Crippen LogP contribution in [-0.2, 0) is 0 Å². The van der Waals surface area contributed by atoms with E-state index in [-0.39, 0.29) is 0 Å². The van der Waals surface area contributed by atoms with Crippen molar-refractivity contribution in [3.63, 3.8) is 0 Å². The molecule has 212 valence electrons. The molecule has 0 atom stereocenters. The predicted molar refractivity (Wildman–Crippen MR) is 183 cm³/mol. The number of rotatable bonds is 4. The molecule has 2 aliphatic rings. The minimum atomic E-state index is 0.670. The topological polar surface area (TPSA) is 47.9 Å². The summed E-state index contributed by atoms with van der Waals surface area (Å²) in [6, 6.07) is 42.3. The van der Waals surface area contributed by atoms with Crippen molar-refractivity contribution in [3.8, 4) is 56.5 Å². The highest BCUT2D eigenvalue weighted by atomic mass is 16.5. The molecule has 4 heteroatoms. The van der Waals surface area contributed by atoms with Gasteiger partial charge in [-0.05, 0) is 70.0 Å². The number of para-hydroxylation sites is 1. The normalized spacial score (nSPS) is 13.4. The fraction of sp³-hybridized carbons (Fsp3) is 0.0488. The van der Waals surface area contributed by atoms with E-state index in [0.29, 0.717) is 17.5 Å². The first-order valence-electron chi connectivity index (χ1n) is 15.3. The van der Waals surface area contributed by atoms with Crippen LogP contribution in [0.25, 0.3) is 72.1 Å². The number of hydrogen-bond donors (Lipinski definition) is 0. The Morgan fingerprint density at radius 3 is 2.11 bits per heavy atom. The van der Waals surface area contributed by atoms with E-state index in [1.807, 2.05) is 42.5 Å². The first-order valence-corrected chi connectivity index (χ1v) is 15.3. The third-order valence-corrected chi connectivity index (χ3v) is 8.73. The van der Waals surface area contributed by atoms with Crippen LogP contribution in [0.4, 0.5) is 0 Å². The zero-order valence-electron chi connectivity index (χ0n) is 24.4. The molecule has 0 amide bonds. The summed E-state index contributed by atoms with van der Waals surface area (Å²) in [6.45, 7) is 0. The first-order chi connectivity index (χ1) is 22.3. The summed E-state index contributed by atoms with van der Waals surface area (Å²) >= 11 is 0. The van der Waals surface area contributed by atoms with Crippen molar-refractivity contribution in [3.05, 3.63) is 145 Å². The van der Waals surface area contributed by atoms with Gasteiger partial charge in [0.25, 0.3) is 0 Å². The standard InChI is InChI=1S/C41H27N3O/c1-3-10-27(11-4-1)39-42-40(28-12-5-2-6-13-28)44-41(43-39)30-21-19-26-18-20-29(24-31(26)25-30)32-22-23-37-38-34(32)15-9-16-35(38)33-14-7-8-17-36(33)45-37/h1,3-5,7-25H,2,6H2. The highest BCUT2D eigenvalue weighted by Gasteiger charge is 2.21. The summed E-state index contributed by atoms with van der Waals surface area (Å²) in [5.41, 5.74) is 7.64. The van der Waals surface area contributed by atoms with Gasteiger partial charge in [0.15, 0.2) is 17.5 Å². The molecule has 9 rings (SSSR count). The third-order valence-electron chi connectivity index (χ3n) is 8.73. The molecule has 0 unspecified atom stereocenters. The van der Waals surface area contributed by atoms with Gasteiger partial charge in [0.1, 0.15) is 11.5 Å². The zero-order valence-corrected chi connectivity index (χ0v) is 24.4. The number of fused-ring (bicyclic) bond motifs is 3. The van der Waals surface area contributed by atoms with Gasteiger partial charge < -0.3 is 4.74 Å². The van der Waals surface area contributed by atoms with Crippen molar-refractivity contribution in [1.82, 2.24) is 15.0 Å². The van der Waals surface area contributed by atoms with E-state index >= 15 is 0 Å². The van der Waals surface area contributed by atoms with Gasteiger partial charge in [0.2, 0.25) is 0 Å². The molecule has 2 heterocycles. The molecule has 1 aromatic heterocycles. The van der Waals surface area contributed by atoms with E-state index in [1.165, 1.54) is 16.5 Å². The maximum Gasteiger partial charge on any atom is 0.164 e. The SMILES string of the molecule is C1=CC(c2nc(-c3ccccc3)nc(-c3ccc4ccc(-c5ccc6c7c(cccc57)-c5ccccc5O6)cc4c3)n2)=CCC1. The largest absolute Gasteiger partial charge is 0.456 e. The van der Waals surface area contributed by atoms with Gasteiger partial charge in [-0.1, -0.05) is 115 Å². The van der Waals surface area contributed by atoms with Crippen LogP contribution in [0.2, 0.25) is 0 Å². The van der Waals surface area contributed by atoms with Crippen LogP contribution in [-0.4, -0.2) is 15.0 Å². The Morgan fingerprint density at radius 2 is 1.24 bits per heavy atom. The minimum Gasteiger partial charge on any atom is -0.456 e. The minimum absolute atomic E-state index is 0.670. The summed E-state index contributed by atoms with van der Waals surface area (Å²) in [5, 5.41) is 4.63. The lowest BCUT2D eigenvalue weighted by Crippen LogP contribution is -2.03. The van der Waals surface area contributed by atoms with Crippen LogP contribution in [0, 0.1) is 0 Å². The smallest absolute Gasteiger partial charge is 0.164 e. The molecule has 0 saturated carbocycles. The lowest BCUT2D eigenvalue weighted by molar-refractivity contribution is 0.487. The molecule has 45 heavy (non-hydrogen) atoms. The molecule has 0 spiro atoms. The Morgan fingerprint density at radius 1 is 0.489 bits per heavy atom. The van der Waals surface area contributed by atoms with Gasteiger partial charge >= 0.3 is 0 Å². The van der Waals surface area contributed by atoms with Gasteiger partial charge in [-0.3, -0.25) is 0 Å². The lowest BCUT2D eigenvalue weighted by atomic mass is 9.90. The second-order valence-electron chi connectivity index (χ2n) is 11.5. The number of aromatic nitrogens is 3. The van der Waals surface area contributed by atoms with Crippen molar-refractivity contribution >= 4 is 27.1 Å². The molecule has 6 aromatic carbocycles. The Kier molecular flexibility index (Phi) is 5.91. The van der Waals surface area contributed by atoms with E-state index in [0.717, 1.165) is 68.3 Å². The average molecular weight is 578 g/mol. The molecule has 7 aromatic rings. The van der Waals surface area contributed by atoms with Crippen molar-refractivity contribution in [2.75, 3.05) is 0 Å². The molecular weight excluding hydrogens is 550 g/mol. The zero-order chi connectivity index (χ0) is 29.7. The van der Waals surface area contributed by atoms with Crippen LogP contribution in [0.3, 0.4) is 0 Å². The van der Waals surface area contributed by atoms with Gasteiger partial charge in [-0.2, -0.15) is 0 Å². The maximum absolute atomic E-state index is 6.34. The average Bonchev–Trinajstić information content (AvgIpc) is 3.12. The predicted octanol–water partition coefficient (Wildman–Crippen LogP) is 10.7. The first kappa shape index (κ1) is 25.6. The van der Waals surface area contributed by atoms with Crippen LogP contribution in [0.15, 0.2) is 140 Å². The summed E-state index contributed by atoms with van der Waals surface area (Å²) in [5.74, 6) is 3.85. The maximum atomic E-state index is 6.34. The molecule has 0 fully saturated rings. The Balaban J connectivity index is 1.18. The Labute approximate surface area is 261 Å². The summed E-state index contributed by atoms with van der Waals surface area (Å²) in [6.07, 6.45) is 8.55. The van der Waals surface area contributed by atoms with Gasteiger partial charge in [0, 0.05) is 27.6 Å². The van der Waals surface area contributed by atoms with Gasteiger partial charge in [-0.15, -0.1) is 0 Å². The fourth-order valence-corrected chi connectivity index (χ4v) is 6.52. The highest BCUT2D eigenvalue weighted by Crippen LogP contribution is 2.48. The third kappa shape index (κ3) is 4.42. The highest BCUT2D eigenvalue weighted by molar-refractivity contribution is 6.10. The quantitative estimate of drug-likeness (QED) is 0.209. The summed E-state index contributed by atoms with van der Waals surface area (Å²) in [4.78, 5) is 14.8. The van der Waals surface area contributed by atoms with E-state index in [1.54, 1.807) is 0 Å². The number of hydrogen-bond acceptors (Lipinski definition) is 4. The molecular formula is C41H27N3O. The number of ether oxygens (including phenoxy) is 1. The monoisotopic (exact) mass is 577 g/mol. The van der Waals surface area contributed by atoms with Gasteiger partial charge in [-0.25, -0.2) is 15.0 Å². The van der Waals surface area contributed by atoms with E-state index in [4.69, 9.17) is 19.7 Å². The fourth-order valence-electron chi connectivity index (χ4n) is 6.52.